The van der Waals surface area contributed by atoms with E-state index in [0.717, 1.165) is 19.3 Å². The van der Waals surface area contributed by atoms with Gasteiger partial charge in [-0.15, -0.1) is 0 Å². The van der Waals surface area contributed by atoms with Crippen molar-refractivity contribution in [2.24, 2.45) is 23.2 Å². The first-order valence-electron chi connectivity index (χ1n) is 9.82. The van der Waals surface area contributed by atoms with E-state index in [-0.39, 0.29) is 17.7 Å². The Labute approximate surface area is 158 Å². The van der Waals surface area contributed by atoms with Gasteiger partial charge in [0.15, 0.2) is 0 Å². The smallest absolute Gasteiger partial charge is 0.311 e. The zero-order valence-corrected chi connectivity index (χ0v) is 15.3. The van der Waals surface area contributed by atoms with E-state index in [1.807, 2.05) is 0 Å². The Morgan fingerprint density at radius 2 is 1.52 bits per heavy atom. The molecule has 6 nitrogen and oxygen atoms in total. The van der Waals surface area contributed by atoms with E-state index in [2.05, 4.69) is 10.9 Å². The number of aliphatic carboxylic acids is 1. The molecule has 4 bridgehead atoms. The number of carboxylic acids is 1. The Bertz CT molecular complexity index is 711. The van der Waals surface area contributed by atoms with Crippen LogP contribution >= 0.6 is 0 Å². The van der Waals surface area contributed by atoms with Crippen LogP contribution in [0.25, 0.3) is 0 Å². The van der Waals surface area contributed by atoms with Crippen molar-refractivity contribution in [3.63, 3.8) is 0 Å². The highest BCUT2D eigenvalue weighted by Gasteiger charge is 2.54. The third kappa shape index (κ3) is 3.57. The summed E-state index contributed by atoms with van der Waals surface area (Å²) in [6, 6.07) is 8.68. The minimum atomic E-state index is -1.05. The van der Waals surface area contributed by atoms with Crippen LogP contribution in [0.2, 0.25) is 0 Å². The largest absolute Gasteiger partial charge is 0.481 e. The molecule has 0 radical (unpaired) electrons. The topological polar surface area (TPSA) is 95.5 Å². The summed E-state index contributed by atoms with van der Waals surface area (Å²) in [5.41, 5.74) is 5.30. The number of carbonyl (C=O) groups excluding carboxylic acids is 2. The van der Waals surface area contributed by atoms with Gasteiger partial charge in [0.2, 0.25) is 11.8 Å². The Kier molecular flexibility index (Phi) is 4.66. The van der Waals surface area contributed by atoms with Crippen LogP contribution < -0.4 is 10.9 Å². The van der Waals surface area contributed by atoms with Crippen molar-refractivity contribution in [1.29, 1.82) is 0 Å². The van der Waals surface area contributed by atoms with E-state index in [1.54, 1.807) is 30.3 Å². The standard InChI is InChI=1S/C21H26N2O4/c24-18(9-17(19(25)26)16-4-2-1-3-5-16)22-23-20(27)21-10-13-6-14(11-21)8-15(7-13)12-21/h1-5,13-15,17H,6-12H2,(H,22,24)(H,23,27)(H,25,26). The molecule has 1 atom stereocenters. The summed E-state index contributed by atoms with van der Waals surface area (Å²) in [6.45, 7) is 0. The summed E-state index contributed by atoms with van der Waals surface area (Å²) < 4.78 is 0. The molecule has 0 aliphatic heterocycles. The molecule has 2 amide bonds. The van der Waals surface area contributed by atoms with Crippen LogP contribution in [0, 0.1) is 23.2 Å². The predicted octanol–water partition coefficient (Wildman–Crippen LogP) is 2.61. The lowest BCUT2D eigenvalue weighted by Crippen LogP contribution is -2.56. The van der Waals surface area contributed by atoms with Gasteiger partial charge in [-0.25, -0.2) is 0 Å². The van der Waals surface area contributed by atoms with Crippen molar-refractivity contribution < 1.29 is 19.5 Å². The number of rotatable bonds is 5. The minimum absolute atomic E-state index is 0.0958. The monoisotopic (exact) mass is 370 g/mol. The Morgan fingerprint density at radius 1 is 0.963 bits per heavy atom. The molecule has 6 heteroatoms. The van der Waals surface area contributed by atoms with Crippen molar-refractivity contribution in [1.82, 2.24) is 10.9 Å². The number of hydrazine groups is 1. The van der Waals surface area contributed by atoms with Crippen LogP contribution in [0.3, 0.4) is 0 Å². The van der Waals surface area contributed by atoms with Crippen molar-refractivity contribution in [2.45, 2.75) is 50.9 Å². The minimum Gasteiger partial charge on any atom is -0.481 e. The van der Waals surface area contributed by atoms with Crippen LogP contribution in [0.15, 0.2) is 30.3 Å². The highest BCUT2D eigenvalue weighted by molar-refractivity contribution is 5.89. The van der Waals surface area contributed by atoms with E-state index in [1.165, 1.54) is 19.3 Å². The van der Waals surface area contributed by atoms with Crippen LogP contribution in [-0.2, 0) is 14.4 Å². The molecular weight excluding hydrogens is 344 g/mol. The molecule has 1 unspecified atom stereocenters. The zero-order valence-electron chi connectivity index (χ0n) is 15.3. The van der Waals surface area contributed by atoms with Gasteiger partial charge in [0.1, 0.15) is 0 Å². The molecule has 0 spiro atoms. The van der Waals surface area contributed by atoms with Gasteiger partial charge in [-0.3, -0.25) is 25.2 Å². The average molecular weight is 370 g/mol. The van der Waals surface area contributed by atoms with Gasteiger partial charge in [-0.05, 0) is 61.8 Å². The maximum Gasteiger partial charge on any atom is 0.311 e. The van der Waals surface area contributed by atoms with E-state index >= 15 is 0 Å². The van der Waals surface area contributed by atoms with Crippen molar-refractivity contribution in [3.05, 3.63) is 35.9 Å². The summed E-state index contributed by atoms with van der Waals surface area (Å²) in [4.78, 5) is 36.7. The van der Waals surface area contributed by atoms with Crippen LogP contribution in [0.4, 0.5) is 0 Å². The molecule has 144 valence electrons. The van der Waals surface area contributed by atoms with E-state index in [9.17, 15) is 19.5 Å². The number of benzene rings is 1. The van der Waals surface area contributed by atoms with Gasteiger partial charge in [0, 0.05) is 6.42 Å². The molecule has 3 N–H and O–H groups in total. The maximum absolute atomic E-state index is 12.8. The fourth-order valence-corrected chi connectivity index (χ4v) is 5.92. The molecule has 4 aliphatic rings. The predicted molar refractivity (Wildman–Crippen MR) is 98.3 cm³/mol. The third-order valence-corrected chi connectivity index (χ3v) is 6.72. The summed E-state index contributed by atoms with van der Waals surface area (Å²) in [7, 11) is 0. The summed E-state index contributed by atoms with van der Waals surface area (Å²) in [5, 5.41) is 9.44. The van der Waals surface area contributed by atoms with Crippen molar-refractivity contribution >= 4 is 17.8 Å². The molecule has 0 aromatic heterocycles. The van der Waals surface area contributed by atoms with Crippen LogP contribution in [0.5, 0.6) is 0 Å². The first-order valence-corrected chi connectivity index (χ1v) is 9.82. The van der Waals surface area contributed by atoms with Crippen molar-refractivity contribution in [2.75, 3.05) is 0 Å². The third-order valence-electron chi connectivity index (χ3n) is 6.72. The molecule has 0 saturated heterocycles. The lowest BCUT2D eigenvalue weighted by Gasteiger charge is -2.55. The fourth-order valence-electron chi connectivity index (χ4n) is 5.92. The first-order chi connectivity index (χ1) is 12.9. The van der Waals surface area contributed by atoms with Crippen LogP contribution in [-0.4, -0.2) is 22.9 Å². The molecule has 4 fully saturated rings. The Balaban J connectivity index is 1.35. The maximum atomic E-state index is 12.8. The quantitative estimate of drug-likeness (QED) is 0.694. The van der Waals surface area contributed by atoms with Gasteiger partial charge in [-0.1, -0.05) is 30.3 Å². The molecule has 5 rings (SSSR count). The average Bonchev–Trinajstić information content (AvgIpc) is 2.63. The molecule has 27 heavy (non-hydrogen) atoms. The molecule has 0 heterocycles. The second-order valence-electron chi connectivity index (χ2n) is 8.71. The lowest BCUT2D eigenvalue weighted by atomic mass is 9.49. The molecular formula is C21H26N2O4. The van der Waals surface area contributed by atoms with Crippen molar-refractivity contribution in [3.8, 4) is 0 Å². The van der Waals surface area contributed by atoms with Gasteiger partial charge in [-0.2, -0.15) is 0 Å². The summed E-state index contributed by atoms with van der Waals surface area (Å²) in [6.07, 6.45) is 6.29. The number of hydrogen-bond acceptors (Lipinski definition) is 3. The molecule has 4 saturated carbocycles. The second kappa shape index (κ2) is 6.98. The first kappa shape index (κ1) is 18.0. The fraction of sp³-hybridized carbons (Fsp3) is 0.571. The normalized spacial score (nSPS) is 31.9. The summed E-state index contributed by atoms with van der Waals surface area (Å²) in [5.74, 6) is -0.621. The highest BCUT2D eigenvalue weighted by atomic mass is 16.4. The van der Waals surface area contributed by atoms with Crippen LogP contribution in [0.1, 0.15) is 56.4 Å². The highest BCUT2D eigenvalue weighted by Crippen LogP contribution is 2.60. The van der Waals surface area contributed by atoms with Gasteiger partial charge < -0.3 is 5.11 Å². The second-order valence-corrected chi connectivity index (χ2v) is 8.71. The Morgan fingerprint density at radius 3 is 2.04 bits per heavy atom. The van der Waals surface area contributed by atoms with E-state index in [4.69, 9.17) is 0 Å². The SMILES string of the molecule is O=C(CC(C(=O)O)c1ccccc1)NNC(=O)C12CC3CC(CC(C3)C1)C2. The van der Waals surface area contributed by atoms with Gasteiger partial charge >= 0.3 is 5.97 Å². The van der Waals surface area contributed by atoms with Gasteiger partial charge in [0.05, 0.1) is 11.3 Å². The van der Waals surface area contributed by atoms with Gasteiger partial charge in [0.25, 0.3) is 0 Å². The lowest BCUT2D eigenvalue weighted by molar-refractivity contribution is -0.149. The summed E-state index contributed by atoms with van der Waals surface area (Å²) >= 11 is 0. The zero-order chi connectivity index (χ0) is 19.0. The number of hydrogen-bond donors (Lipinski definition) is 3. The number of carboxylic acid groups (broad SMARTS) is 1. The number of amides is 2. The Hall–Kier alpha value is -2.37. The molecule has 1 aromatic carbocycles. The number of carbonyl (C=O) groups is 3. The van der Waals surface area contributed by atoms with E-state index in [0.29, 0.717) is 23.3 Å². The molecule has 4 aliphatic carbocycles. The molecule has 1 aromatic rings. The van der Waals surface area contributed by atoms with E-state index < -0.39 is 17.8 Å². The number of nitrogens with one attached hydrogen (secondary N) is 2.